The van der Waals surface area contributed by atoms with Gasteiger partial charge in [0.1, 0.15) is 0 Å². The summed E-state index contributed by atoms with van der Waals surface area (Å²) in [7, 11) is 0. The minimum atomic E-state index is -4.53. The molecular weight excluding hydrogens is 441 g/mol. The van der Waals surface area contributed by atoms with Crippen LogP contribution in [-0.4, -0.2) is 48.1 Å². The first kappa shape index (κ1) is 22.6. The lowest BCUT2D eigenvalue weighted by molar-refractivity contribution is -0.136. The topological polar surface area (TPSA) is 34.5 Å². The largest absolute Gasteiger partial charge is 0.418 e. The van der Waals surface area contributed by atoms with Crippen molar-refractivity contribution in [3.63, 3.8) is 0 Å². The molecule has 4 nitrogen and oxygen atoms in total. The van der Waals surface area contributed by atoms with Gasteiger partial charge in [-0.25, -0.2) is 0 Å². The molecule has 3 aromatic carbocycles. The number of morpholine rings is 1. The normalized spacial score (nSPS) is 15.3. The van der Waals surface area contributed by atoms with Crippen LogP contribution in [0.1, 0.15) is 27.2 Å². The predicted molar refractivity (Wildman–Crippen MR) is 126 cm³/mol. The number of carbonyl (C=O) groups excluding carboxylic acids is 1. The van der Waals surface area contributed by atoms with Gasteiger partial charge in [-0.15, -0.1) is 0 Å². The van der Waals surface area contributed by atoms with Crippen LogP contribution in [-0.2, 0) is 17.5 Å². The number of nitrogens with zero attached hydrogens (tertiary/aromatic N) is 2. The fourth-order valence-corrected chi connectivity index (χ4v) is 4.95. The molecule has 0 saturated carbocycles. The third-order valence-corrected chi connectivity index (χ3v) is 6.65. The number of rotatable bonds is 5. The molecule has 0 aliphatic carbocycles. The molecule has 0 amide bonds. The summed E-state index contributed by atoms with van der Waals surface area (Å²) in [6.07, 6.45) is -4.53. The Hall–Kier alpha value is -3.16. The second kappa shape index (κ2) is 8.89. The van der Waals surface area contributed by atoms with Gasteiger partial charge in [0.2, 0.25) is 0 Å². The molecule has 176 valence electrons. The monoisotopic (exact) mass is 466 g/mol. The van der Waals surface area contributed by atoms with E-state index in [1.54, 1.807) is 23.6 Å². The summed E-state index contributed by atoms with van der Waals surface area (Å²) in [5, 5.41) is 2.04. The SMILES string of the molecule is Cc1c(C(=O)c2cccc3ccccc23)c2cccc(C(F)(F)F)c2n1CCN1CCOCC1. The summed E-state index contributed by atoms with van der Waals surface area (Å²) >= 11 is 0. The first-order valence-electron chi connectivity index (χ1n) is 11.4. The van der Waals surface area contributed by atoms with E-state index >= 15 is 0 Å². The molecule has 4 aromatic rings. The molecule has 1 fully saturated rings. The van der Waals surface area contributed by atoms with E-state index in [-0.39, 0.29) is 11.3 Å². The summed E-state index contributed by atoms with van der Waals surface area (Å²) in [6, 6.07) is 17.1. The summed E-state index contributed by atoms with van der Waals surface area (Å²) in [4.78, 5) is 16.0. The van der Waals surface area contributed by atoms with Crippen LogP contribution in [0.3, 0.4) is 0 Å². The van der Waals surface area contributed by atoms with Crippen LogP contribution in [0.5, 0.6) is 0 Å². The van der Waals surface area contributed by atoms with Gasteiger partial charge in [-0.2, -0.15) is 13.2 Å². The van der Waals surface area contributed by atoms with Crippen molar-refractivity contribution >= 4 is 27.5 Å². The number of hydrogen-bond donors (Lipinski definition) is 0. The molecule has 0 unspecified atom stereocenters. The number of halogens is 3. The Morgan fingerprint density at radius 3 is 2.35 bits per heavy atom. The van der Waals surface area contributed by atoms with E-state index in [1.807, 2.05) is 36.4 Å². The number of hydrogen-bond acceptors (Lipinski definition) is 3. The number of alkyl halides is 3. The number of carbonyl (C=O) groups is 1. The van der Waals surface area contributed by atoms with Crippen molar-refractivity contribution in [2.24, 2.45) is 0 Å². The molecule has 1 aliphatic rings. The Kier molecular flexibility index (Phi) is 5.91. The van der Waals surface area contributed by atoms with Crippen molar-refractivity contribution in [2.75, 3.05) is 32.8 Å². The lowest BCUT2D eigenvalue weighted by Gasteiger charge is -2.27. The lowest BCUT2D eigenvalue weighted by atomic mass is 9.95. The number of benzene rings is 3. The summed E-state index contributed by atoms with van der Waals surface area (Å²) < 4.78 is 49.2. The molecule has 7 heteroatoms. The minimum Gasteiger partial charge on any atom is -0.379 e. The zero-order chi connectivity index (χ0) is 23.9. The zero-order valence-electron chi connectivity index (χ0n) is 18.9. The number of ketones is 1. The van der Waals surface area contributed by atoms with E-state index in [9.17, 15) is 18.0 Å². The van der Waals surface area contributed by atoms with Gasteiger partial charge in [0.15, 0.2) is 5.78 Å². The van der Waals surface area contributed by atoms with E-state index in [0.717, 1.165) is 29.9 Å². The highest BCUT2D eigenvalue weighted by molar-refractivity contribution is 6.22. The van der Waals surface area contributed by atoms with Crippen LogP contribution in [0.25, 0.3) is 21.7 Å². The quantitative estimate of drug-likeness (QED) is 0.355. The van der Waals surface area contributed by atoms with E-state index in [1.165, 1.54) is 6.07 Å². The first-order valence-corrected chi connectivity index (χ1v) is 11.4. The van der Waals surface area contributed by atoms with Crippen molar-refractivity contribution in [3.05, 3.63) is 83.0 Å². The first-order chi connectivity index (χ1) is 16.4. The number of ether oxygens (including phenoxy) is 1. The van der Waals surface area contributed by atoms with E-state index in [0.29, 0.717) is 48.5 Å². The Morgan fingerprint density at radius 2 is 1.59 bits per heavy atom. The lowest BCUT2D eigenvalue weighted by Crippen LogP contribution is -2.38. The molecule has 1 aliphatic heterocycles. The van der Waals surface area contributed by atoms with Crippen LogP contribution in [0.4, 0.5) is 13.2 Å². The van der Waals surface area contributed by atoms with Gasteiger partial charge in [-0.1, -0.05) is 54.6 Å². The third kappa shape index (κ3) is 3.99. The van der Waals surface area contributed by atoms with Crippen LogP contribution < -0.4 is 0 Å². The van der Waals surface area contributed by atoms with Gasteiger partial charge in [0, 0.05) is 42.8 Å². The molecule has 0 atom stereocenters. The fraction of sp³-hybridized carbons (Fsp3) is 0.296. The van der Waals surface area contributed by atoms with Crippen molar-refractivity contribution in [2.45, 2.75) is 19.6 Å². The average molecular weight is 467 g/mol. The van der Waals surface area contributed by atoms with Crippen molar-refractivity contribution in [3.8, 4) is 0 Å². The van der Waals surface area contributed by atoms with Gasteiger partial charge in [0.05, 0.1) is 29.9 Å². The fourth-order valence-electron chi connectivity index (χ4n) is 4.95. The summed E-state index contributed by atoms with van der Waals surface area (Å²) in [5.74, 6) is -0.260. The summed E-state index contributed by atoms with van der Waals surface area (Å²) in [6.45, 7) is 5.41. The van der Waals surface area contributed by atoms with Crippen molar-refractivity contribution < 1.29 is 22.7 Å². The molecule has 34 heavy (non-hydrogen) atoms. The number of aromatic nitrogens is 1. The second-order valence-electron chi connectivity index (χ2n) is 8.62. The van der Waals surface area contributed by atoms with Gasteiger partial charge < -0.3 is 9.30 Å². The third-order valence-electron chi connectivity index (χ3n) is 6.65. The van der Waals surface area contributed by atoms with Crippen molar-refractivity contribution in [1.82, 2.24) is 9.47 Å². The second-order valence-corrected chi connectivity index (χ2v) is 8.62. The number of para-hydroxylation sites is 1. The van der Waals surface area contributed by atoms with Gasteiger partial charge in [0.25, 0.3) is 0 Å². The molecule has 0 N–H and O–H groups in total. The summed E-state index contributed by atoms with van der Waals surface area (Å²) in [5.41, 5.74) is 0.736. The van der Waals surface area contributed by atoms with E-state index in [4.69, 9.17) is 4.74 Å². The Bertz CT molecular complexity index is 1360. The highest BCUT2D eigenvalue weighted by atomic mass is 19.4. The van der Waals surface area contributed by atoms with Gasteiger partial charge >= 0.3 is 6.18 Å². The zero-order valence-corrected chi connectivity index (χ0v) is 18.9. The van der Waals surface area contributed by atoms with Gasteiger partial charge in [-0.3, -0.25) is 9.69 Å². The maximum Gasteiger partial charge on any atom is 0.418 e. The standard InChI is InChI=1S/C27H25F3N2O2/c1-18-24(26(33)21-9-4-7-19-6-2-3-8-20(19)21)22-10-5-11-23(27(28,29)30)25(22)32(18)13-12-31-14-16-34-17-15-31/h2-11H,12-17H2,1H3. The maximum absolute atomic E-state index is 14.0. The Morgan fingerprint density at radius 1 is 0.912 bits per heavy atom. The molecule has 0 bridgehead atoms. The minimum absolute atomic E-state index is 0.0735. The predicted octanol–water partition coefficient (Wildman–Crippen LogP) is 5.68. The highest BCUT2D eigenvalue weighted by Crippen LogP contribution is 2.39. The highest BCUT2D eigenvalue weighted by Gasteiger charge is 2.36. The van der Waals surface area contributed by atoms with Gasteiger partial charge in [-0.05, 0) is 23.8 Å². The molecule has 0 radical (unpaired) electrons. The van der Waals surface area contributed by atoms with Crippen LogP contribution in [0.2, 0.25) is 0 Å². The van der Waals surface area contributed by atoms with Crippen LogP contribution in [0, 0.1) is 6.92 Å². The maximum atomic E-state index is 14.0. The smallest absolute Gasteiger partial charge is 0.379 e. The van der Waals surface area contributed by atoms with Crippen LogP contribution in [0.15, 0.2) is 60.7 Å². The molecule has 1 aromatic heterocycles. The molecular formula is C27H25F3N2O2. The van der Waals surface area contributed by atoms with E-state index in [2.05, 4.69) is 4.90 Å². The molecule has 0 spiro atoms. The Balaban J connectivity index is 1.67. The number of fused-ring (bicyclic) bond motifs is 2. The van der Waals surface area contributed by atoms with Crippen molar-refractivity contribution in [1.29, 1.82) is 0 Å². The molecule has 2 heterocycles. The average Bonchev–Trinajstić information content (AvgIpc) is 3.13. The van der Waals surface area contributed by atoms with Crippen LogP contribution >= 0.6 is 0 Å². The van der Waals surface area contributed by atoms with E-state index < -0.39 is 11.7 Å². The Labute approximate surface area is 195 Å². The molecule has 5 rings (SSSR count). The molecule has 1 saturated heterocycles.